The Morgan fingerprint density at radius 3 is 2.38 bits per heavy atom. The second-order valence-corrected chi connectivity index (χ2v) is 7.74. The molecule has 2 heterocycles. The minimum absolute atomic E-state index is 0.00845. The summed E-state index contributed by atoms with van der Waals surface area (Å²) in [5.74, 6) is 0.654. The molecule has 1 aliphatic heterocycles. The van der Waals surface area contributed by atoms with Crippen molar-refractivity contribution < 1.29 is 22.7 Å². The van der Waals surface area contributed by atoms with E-state index in [0.29, 0.717) is 17.2 Å². The van der Waals surface area contributed by atoms with Gasteiger partial charge in [-0.05, 0) is 42.5 Å². The molecular formula is C19H16N4O5S. The van der Waals surface area contributed by atoms with Gasteiger partial charge in [-0.1, -0.05) is 12.1 Å². The Labute approximate surface area is 166 Å². The number of ether oxygens (including phenoxy) is 2. The summed E-state index contributed by atoms with van der Waals surface area (Å²) in [6.07, 6.45) is 2.04. The molecule has 1 aromatic heterocycles. The van der Waals surface area contributed by atoms with E-state index in [-0.39, 0.29) is 17.5 Å². The number of aromatic nitrogens is 2. The predicted molar refractivity (Wildman–Crippen MR) is 104 cm³/mol. The first-order chi connectivity index (χ1) is 14.0. The van der Waals surface area contributed by atoms with Gasteiger partial charge in [0.1, 0.15) is 6.61 Å². The Bertz CT molecular complexity index is 1120. The Hall–Kier alpha value is -3.66. The quantitative estimate of drug-likeness (QED) is 0.658. The summed E-state index contributed by atoms with van der Waals surface area (Å²) in [4.78, 5) is 20.1. The number of para-hydroxylation sites is 2. The molecular weight excluding hydrogens is 396 g/mol. The van der Waals surface area contributed by atoms with Crippen molar-refractivity contribution in [3.8, 4) is 11.5 Å². The van der Waals surface area contributed by atoms with Gasteiger partial charge in [0.25, 0.3) is 15.9 Å². The van der Waals surface area contributed by atoms with Crippen LogP contribution in [0.3, 0.4) is 0 Å². The van der Waals surface area contributed by atoms with Gasteiger partial charge in [0, 0.05) is 18.1 Å². The van der Waals surface area contributed by atoms with Gasteiger partial charge >= 0.3 is 0 Å². The molecule has 1 amide bonds. The number of hydrogen-bond acceptors (Lipinski definition) is 7. The molecule has 29 heavy (non-hydrogen) atoms. The molecule has 2 aromatic carbocycles. The number of rotatable bonds is 5. The van der Waals surface area contributed by atoms with Crippen LogP contribution in [0.25, 0.3) is 0 Å². The zero-order chi connectivity index (χ0) is 20.3. The number of anilines is 2. The molecule has 9 nitrogen and oxygen atoms in total. The number of carbonyl (C=O) groups is 1. The molecule has 3 aromatic rings. The first kappa shape index (κ1) is 18.7. The second kappa shape index (κ2) is 7.76. The lowest BCUT2D eigenvalue weighted by molar-refractivity contribution is -0.125. The third-order valence-corrected chi connectivity index (χ3v) is 5.37. The highest BCUT2D eigenvalue weighted by atomic mass is 32.2. The van der Waals surface area contributed by atoms with E-state index in [9.17, 15) is 13.2 Å². The van der Waals surface area contributed by atoms with Crippen molar-refractivity contribution in [2.45, 2.75) is 11.0 Å². The molecule has 0 aliphatic carbocycles. The van der Waals surface area contributed by atoms with Crippen LogP contribution in [0.2, 0.25) is 0 Å². The van der Waals surface area contributed by atoms with Crippen LogP contribution in [0.15, 0.2) is 71.9 Å². The highest BCUT2D eigenvalue weighted by Gasteiger charge is 2.27. The minimum atomic E-state index is -3.84. The molecule has 1 atom stereocenters. The van der Waals surface area contributed by atoms with Gasteiger partial charge in [-0.2, -0.15) is 0 Å². The number of fused-ring (bicyclic) bond motifs is 1. The summed E-state index contributed by atoms with van der Waals surface area (Å²) in [6, 6.07) is 14.4. The molecule has 1 aliphatic rings. The van der Waals surface area contributed by atoms with E-state index in [4.69, 9.17) is 9.47 Å². The van der Waals surface area contributed by atoms with E-state index in [1.54, 1.807) is 24.3 Å². The van der Waals surface area contributed by atoms with Crippen molar-refractivity contribution in [2.75, 3.05) is 16.6 Å². The predicted octanol–water partition coefficient (Wildman–Crippen LogP) is 2.06. The summed E-state index contributed by atoms with van der Waals surface area (Å²) >= 11 is 0. The zero-order valence-corrected chi connectivity index (χ0v) is 15.8. The van der Waals surface area contributed by atoms with Crippen LogP contribution >= 0.6 is 0 Å². The molecule has 0 radical (unpaired) electrons. The first-order valence-corrected chi connectivity index (χ1v) is 10.1. The fourth-order valence-corrected chi connectivity index (χ4v) is 3.58. The Balaban J connectivity index is 1.41. The van der Waals surface area contributed by atoms with Crippen molar-refractivity contribution in [3.63, 3.8) is 0 Å². The number of sulfonamides is 1. The van der Waals surface area contributed by atoms with E-state index in [1.165, 1.54) is 36.7 Å². The zero-order valence-electron chi connectivity index (χ0n) is 15.0. The average Bonchev–Trinajstić information content (AvgIpc) is 2.74. The second-order valence-electron chi connectivity index (χ2n) is 6.06. The van der Waals surface area contributed by atoms with Gasteiger partial charge in [0.05, 0.1) is 4.90 Å². The normalized spacial score (nSPS) is 15.4. The van der Waals surface area contributed by atoms with E-state index >= 15 is 0 Å². The topological polar surface area (TPSA) is 120 Å². The van der Waals surface area contributed by atoms with Gasteiger partial charge in [-0.25, -0.2) is 23.1 Å². The van der Waals surface area contributed by atoms with E-state index in [0.717, 1.165) is 0 Å². The van der Waals surface area contributed by atoms with Crippen molar-refractivity contribution in [3.05, 3.63) is 67.0 Å². The smallest absolute Gasteiger partial charge is 0.269 e. The molecule has 0 saturated heterocycles. The molecule has 0 saturated carbocycles. The number of carbonyl (C=O) groups excluding carboxylic acids is 1. The van der Waals surface area contributed by atoms with E-state index < -0.39 is 22.0 Å². The van der Waals surface area contributed by atoms with Crippen molar-refractivity contribution >= 4 is 27.6 Å². The largest absolute Gasteiger partial charge is 0.485 e. The molecule has 148 valence electrons. The van der Waals surface area contributed by atoms with E-state index in [2.05, 4.69) is 20.0 Å². The minimum Gasteiger partial charge on any atom is -0.485 e. The van der Waals surface area contributed by atoms with Gasteiger partial charge in [0.2, 0.25) is 12.1 Å². The van der Waals surface area contributed by atoms with Gasteiger partial charge in [-0.3, -0.25) is 4.79 Å². The molecule has 0 unspecified atom stereocenters. The third-order valence-electron chi connectivity index (χ3n) is 4.02. The summed E-state index contributed by atoms with van der Waals surface area (Å²) in [6.45, 7) is 0.0797. The van der Waals surface area contributed by atoms with Crippen LogP contribution in [0, 0.1) is 0 Å². The maximum Gasteiger partial charge on any atom is 0.269 e. The van der Waals surface area contributed by atoms with Gasteiger partial charge < -0.3 is 14.8 Å². The summed E-state index contributed by atoms with van der Waals surface area (Å²) in [5.41, 5.74) is 0.423. The molecule has 0 bridgehead atoms. The highest BCUT2D eigenvalue weighted by Crippen LogP contribution is 2.31. The van der Waals surface area contributed by atoms with Crippen molar-refractivity contribution in [2.24, 2.45) is 0 Å². The van der Waals surface area contributed by atoms with Gasteiger partial charge in [-0.15, -0.1) is 0 Å². The van der Waals surface area contributed by atoms with Crippen LogP contribution in [0.5, 0.6) is 11.5 Å². The third kappa shape index (κ3) is 4.27. The van der Waals surface area contributed by atoms with Gasteiger partial charge in [0.15, 0.2) is 11.5 Å². The number of nitrogens with one attached hydrogen (secondary N) is 2. The Morgan fingerprint density at radius 1 is 0.966 bits per heavy atom. The maximum atomic E-state index is 12.4. The molecule has 10 heteroatoms. The van der Waals surface area contributed by atoms with Crippen LogP contribution < -0.4 is 19.5 Å². The fraction of sp³-hybridized carbons (Fsp3) is 0.105. The lowest BCUT2D eigenvalue weighted by Crippen LogP contribution is -2.40. The van der Waals surface area contributed by atoms with Crippen LogP contribution in [0.4, 0.5) is 11.6 Å². The monoisotopic (exact) mass is 412 g/mol. The van der Waals surface area contributed by atoms with Crippen molar-refractivity contribution in [1.29, 1.82) is 0 Å². The van der Waals surface area contributed by atoms with Crippen LogP contribution in [0.1, 0.15) is 0 Å². The number of benzene rings is 2. The summed E-state index contributed by atoms with van der Waals surface area (Å²) in [5, 5.41) is 2.69. The highest BCUT2D eigenvalue weighted by molar-refractivity contribution is 7.92. The Morgan fingerprint density at radius 2 is 1.66 bits per heavy atom. The van der Waals surface area contributed by atoms with Crippen LogP contribution in [-0.2, 0) is 14.8 Å². The lowest BCUT2D eigenvalue weighted by Gasteiger charge is -2.25. The van der Waals surface area contributed by atoms with Crippen LogP contribution in [-0.4, -0.2) is 37.0 Å². The maximum absolute atomic E-state index is 12.4. The number of hydrogen-bond donors (Lipinski definition) is 2. The SMILES string of the molecule is O=C(Nc1ccc(S(=O)(=O)Nc2ncccn2)cc1)[C@@H]1COc2ccccc2O1. The number of amides is 1. The molecule has 4 rings (SSSR count). The average molecular weight is 412 g/mol. The standard InChI is InChI=1S/C19H16N4O5S/c24-18(17-12-27-15-4-1-2-5-16(15)28-17)22-13-6-8-14(9-7-13)29(25,26)23-19-20-10-3-11-21-19/h1-11,17H,12H2,(H,22,24)(H,20,21,23)/t17-/m0/s1. The molecule has 2 N–H and O–H groups in total. The lowest BCUT2D eigenvalue weighted by atomic mass is 10.2. The molecule has 0 fully saturated rings. The summed E-state index contributed by atoms with van der Waals surface area (Å²) in [7, 11) is -3.84. The van der Waals surface area contributed by atoms with Crippen molar-refractivity contribution in [1.82, 2.24) is 9.97 Å². The van der Waals surface area contributed by atoms with E-state index in [1.807, 2.05) is 6.07 Å². The summed E-state index contributed by atoms with van der Waals surface area (Å²) < 4.78 is 38.2. The molecule has 0 spiro atoms. The fourth-order valence-electron chi connectivity index (χ4n) is 2.62. The Kier molecular flexibility index (Phi) is 5.00. The number of nitrogens with zero attached hydrogens (tertiary/aromatic N) is 2. The first-order valence-electron chi connectivity index (χ1n) is 8.60.